The molecule has 0 saturated heterocycles. The van der Waals surface area contributed by atoms with E-state index in [0.29, 0.717) is 21.5 Å². The quantitative estimate of drug-likeness (QED) is 0.744. The molecular formula is C13H14ClN3O2. The van der Waals surface area contributed by atoms with Crippen molar-refractivity contribution in [1.29, 1.82) is 0 Å². The molecule has 0 spiro atoms. The molecule has 0 fully saturated rings. The Morgan fingerprint density at radius 2 is 2.26 bits per heavy atom. The van der Waals surface area contributed by atoms with Crippen LogP contribution in [0.15, 0.2) is 24.4 Å². The number of aromatic nitrogens is 1. The molecule has 2 rings (SSSR count). The summed E-state index contributed by atoms with van der Waals surface area (Å²) < 4.78 is 0. The number of benzene rings is 1. The molecule has 0 bridgehead atoms. The van der Waals surface area contributed by atoms with Gasteiger partial charge in [-0.1, -0.05) is 11.6 Å². The third kappa shape index (κ3) is 2.77. The highest BCUT2D eigenvalue weighted by molar-refractivity contribution is 6.37. The van der Waals surface area contributed by atoms with Gasteiger partial charge in [-0.2, -0.15) is 0 Å². The Balaban J connectivity index is 2.49. The van der Waals surface area contributed by atoms with Gasteiger partial charge in [-0.05, 0) is 25.1 Å². The van der Waals surface area contributed by atoms with Crippen LogP contribution in [0.1, 0.15) is 17.4 Å². The number of aliphatic hydroxyl groups excluding tert-OH is 1. The van der Waals surface area contributed by atoms with Gasteiger partial charge in [0.05, 0.1) is 11.1 Å². The zero-order chi connectivity index (χ0) is 14.0. The molecule has 19 heavy (non-hydrogen) atoms. The van der Waals surface area contributed by atoms with Crippen molar-refractivity contribution in [2.75, 3.05) is 12.3 Å². The maximum Gasteiger partial charge on any atom is 0.270 e. The molecule has 0 saturated carbocycles. The van der Waals surface area contributed by atoms with Gasteiger partial charge in [0.15, 0.2) is 0 Å². The molecule has 1 heterocycles. The normalized spacial score (nSPS) is 12.4. The lowest BCUT2D eigenvalue weighted by Gasteiger charge is -2.10. The zero-order valence-corrected chi connectivity index (χ0v) is 11.1. The summed E-state index contributed by atoms with van der Waals surface area (Å²) in [6.07, 6.45) is 0.881. The molecular weight excluding hydrogens is 266 g/mol. The first kappa shape index (κ1) is 13.6. The van der Waals surface area contributed by atoms with E-state index in [1.165, 1.54) is 6.20 Å². The van der Waals surface area contributed by atoms with Crippen molar-refractivity contribution in [3.8, 4) is 0 Å². The van der Waals surface area contributed by atoms with Crippen LogP contribution in [0.3, 0.4) is 0 Å². The molecule has 0 aliphatic carbocycles. The van der Waals surface area contributed by atoms with E-state index in [-0.39, 0.29) is 18.1 Å². The number of nitrogens with zero attached hydrogens (tertiary/aromatic N) is 1. The standard InChI is InChI=1S/C13H14ClN3O2/c1-7(18)6-17-13(19)12-11-8(4-5-16-12)10(15)3-2-9(11)14/h2-5,7,18H,6,15H2,1H3,(H,17,19). The van der Waals surface area contributed by atoms with Gasteiger partial charge >= 0.3 is 0 Å². The molecule has 5 nitrogen and oxygen atoms in total. The predicted molar refractivity (Wildman–Crippen MR) is 75.2 cm³/mol. The van der Waals surface area contributed by atoms with Gasteiger partial charge in [-0.3, -0.25) is 9.78 Å². The van der Waals surface area contributed by atoms with Gasteiger partial charge in [-0.25, -0.2) is 0 Å². The maximum absolute atomic E-state index is 12.0. The number of amides is 1. The first-order chi connectivity index (χ1) is 9.00. The number of rotatable bonds is 3. The van der Waals surface area contributed by atoms with E-state index < -0.39 is 6.10 Å². The topological polar surface area (TPSA) is 88.2 Å². The Kier molecular flexibility index (Phi) is 3.87. The fourth-order valence-corrected chi connectivity index (χ4v) is 2.03. The van der Waals surface area contributed by atoms with Crippen molar-refractivity contribution in [3.05, 3.63) is 35.1 Å². The molecule has 0 radical (unpaired) electrons. The summed E-state index contributed by atoms with van der Waals surface area (Å²) in [6, 6.07) is 5.02. The Morgan fingerprint density at radius 1 is 1.53 bits per heavy atom. The number of aliphatic hydroxyl groups is 1. The molecule has 6 heteroatoms. The second-order valence-electron chi connectivity index (χ2n) is 4.28. The van der Waals surface area contributed by atoms with Crippen LogP contribution in [-0.2, 0) is 0 Å². The number of carbonyl (C=O) groups is 1. The van der Waals surface area contributed by atoms with Crippen LogP contribution in [0.5, 0.6) is 0 Å². The molecule has 4 N–H and O–H groups in total. The summed E-state index contributed by atoms with van der Waals surface area (Å²) in [6.45, 7) is 1.73. The minimum absolute atomic E-state index is 0.150. The minimum atomic E-state index is -0.625. The molecule has 1 aromatic heterocycles. The highest BCUT2D eigenvalue weighted by Crippen LogP contribution is 2.29. The van der Waals surface area contributed by atoms with Crippen LogP contribution in [-0.4, -0.2) is 28.6 Å². The van der Waals surface area contributed by atoms with Crippen molar-refractivity contribution in [1.82, 2.24) is 10.3 Å². The largest absolute Gasteiger partial charge is 0.398 e. The van der Waals surface area contributed by atoms with Crippen LogP contribution in [0, 0.1) is 0 Å². The summed E-state index contributed by atoms with van der Waals surface area (Å²) in [5.74, 6) is -0.390. The number of halogens is 1. The van der Waals surface area contributed by atoms with E-state index in [0.717, 1.165) is 0 Å². The van der Waals surface area contributed by atoms with Gasteiger partial charge in [0.2, 0.25) is 0 Å². The Morgan fingerprint density at radius 3 is 2.95 bits per heavy atom. The zero-order valence-electron chi connectivity index (χ0n) is 10.4. The smallest absolute Gasteiger partial charge is 0.270 e. The highest BCUT2D eigenvalue weighted by atomic mass is 35.5. The molecule has 1 aromatic carbocycles. The first-order valence-corrected chi connectivity index (χ1v) is 6.17. The number of hydrogen-bond acceptors (Lipinski definition) is 4. The van der Waals surface area contributed by atoms with Gasteiger partial charge in [0.25, 0.3) is 5.91 Å². The van der Waals surface area contributed by atoms with E-state index in [2.05, 4.69) is 10.3 Å². The van der Waals surface area contributed by atoms with Gasteiger partial charge in [0, 0.05) is 29.2 Å². The molecule has 0 aliphatic rings. The number of anilines is 1. The second-order valence-corrected chi connectivity index (χ2v) is 4.68. The summed E-state index contributed by atoms with van der Waals surface area (Å²) in [7, 11) is 0. The number of nitrogens with one attached hydrogen (secondary N) is 1. The summed E-state index contributed by atoms with van der Waals surface area (Å²) in [4.78, 5) is 16.1. The van der Waals surface area contributed by atoms with Crippen LogP contribution in [0.2, 0.25) is 5.02 Å². The lowest BCUT2D eigenvalue weighted by Crippen LogP contribution is -2.31. The first-order valence-electron chi connectivity index (χ1n) is 5.79. The van der Waals surface area contributed by atoms with Crippen molar-refractivity contribution in [2.45, 2.75) is 13.0 Å². The highest BCUT2D eigenvalue weighted by Gasteiger charge is 2.15. The Bertz CT molecular complexity index is 629. The number of fused-ring (bicyclic) bond motifs is 1. The van der Waals surface area contributed by atoms with Gasteiger partial charge < -0.3 is 16.2 Å². The molecule has 1 unspecified atom stereocenters. The molecule has 0 aliphatic heterocycles. The van der Waals surface area contributed by atoms with Crippen molar-refractivity contribution in [2.24, 2.45) is 0 Å². The Labute approximate surface area is 115 Å². The SMILES string of the molecule is CC(O)CNC(=O)c1nccc2c(N)ccc(Cl)c12. The van der Waals surface area contributed by atoms with Crippen LogP contribution in [0.25, 0.3) is 10.8 Å². The van der Waals surface area contributed by atoms with Crippen LogP contribution < -0.4 is 11.1 Å². The monoisotopic (exact) mass is 279 g/mol. The predicted octanol–water partition coefficient (Wildman–Crippen LogP) is 1.58. The number of nitrogens with two attached hydrogens (primary N) is 1. The summed E-state index contributed by atoms with van der Waals surface area (Å²) in [5.41, 5.74) is 6.60. The van der Waals surface area contributed by atoms with Gasteiger partial charge in [-0.15, -0.1) is 0 Å². The lowest BCUT2D eigenvalue weighted by molar-refractivity contribution is 0.0921. The fourth-order valence-electron chi connectivity index (χ4n) is 1.78. The minimum Gasteiger partial charge on any atom is -0.398 e. The number of carbonyl (C=O) groups excluding carboxylic acids is 1. The van der Waals surface area contributed by atoms with E-state index in [1.54, 1.807) is 25.1 Å². The van der Waals surface area contributed by atoms with Crippen molar-refractivity contribution >= 4 is 34.0 Å². The average Bonchev–Trinajstić information content (AvgIpc) is 2.39. The van der Waals surface area contributed by atoms with E-state index in [1.807, 2.05) is 0 Å². The number of pyridine rings is 1. The van der Waals surface area contributed by atoms with Crippen molar-refractivity contribution in [3.63, 3.8) is 0 Å². The fraction of sp³-hybridized carbons (Fsp3) is 0.231. The molecule has 1 atom stereocenters. The molecule has 1 amide bonds. The average molecular weight is 280 g/mol. The second kappa shape index (κ2) is 5.42. The van der Waals surface area contributed by atoms with E-state index in [4.69, 9.17) is 17.3 Å². The summed E-state index contributed by atoms with van der Waals surface area (Å²) >= 11 is 6.12. The van der Waals surface area contributed by atoms with Gasteiger partial charge in [0.1, 0.15) is 5.69 Å². The molecule has 2 aromatic rings. The number of nitrogen functional groups attached to an aromatic ring is 1. The lowest BCUT2D eigenvalue weighted by atomic mass is 10.1. The summed E-state index contributed by atoms with van der Waals surface area (Å²) in [5, 5.41) is 13.4. The third-order valence-corrected chi connectivity index (χ3v) is 3.00. The maximum atomic E-state index is 12.0. The van der Waals surface area contributed by atoms with E-state index >= 15 is 0 Å². The number of hydrogen-bond donors (Lipinski definition) is 3. The third-order valence-electron chi connectivity index (χ3n) is 2.68. The van der Waals surface area contributed by atoms with E-state index in [9.17, 15) is 9.90 Å². The van der Waals surface area contributed by atoms with Crippen molar-refractivity contribution < 1.29 is 9.90 Å². The molecule has 100 valence electrons. The Hall–Kier alpha value is -1.85. The van der Waals surface area contributed by atoms with Crippen LogP contribution in [0.4, 0.5) is 5.69 Å². The van der Waals surface area contributed by atoms with Crippen LogP contribution >= 0.6 is 11.6 Å².